The third-order valence-corrected chi connectivity index (χ3v) is 6.44. The number of pyridine rings is 1. The molecule has 0 bridgehead atoms. The molecule has 0 radical (unpaired) electrons. The molecule has 0 saturated carbocycles. The lowest BCUT2D eigenvalue weighted by Crippen LogP contribution is -2.39. The van der Waals surface area contributed by atoms with Gasteiger partial charge in [0.15, 0.2) is 0 Å². The smallest absolute Gasteiger partial charge is 0.243 e. The Balaban J connectivity index is 1.71. The SMILES string of the molecule is O=S(=O)(c1cccc2ncccc12)N1CCC[C@H](c2ncc[nH]2)C1. The van der Waals surface area contributed by atoms with Crippen molar-refractivity contribution in [3.05, 3.63) is 54.7 Å². The Morgan fingerprint density at radius 1 is 1.12 bits per heavy atom. The standard InChI is InChI=1S/C17H18N4O2S/c22-24(23,16-7-1-6-15-14(16)5-2-8-18-15)21-11-3-4-13(12-21)17-19-9-10-20-17/h1-2,5-10,13H,3-4,11-12H2,(H,19,20)/t13-/m0/s1. The summed E-state index contributed by atoms with van der Waals surface area (Å²) in [4.78, 5) is 12.0. The molecule has 1 aromatic carbocycles. The number of nitrogens with zero attached hydrogens (tertiary/aromatic N) is 3. The lowest BCUT2D eigenvalue weighted by molar-refractivity contribution is 0.310. The summed E-state index contributed by atoms with van der Waals surface area (Å²) in [5.41, 5.74) is 0.693. The highest BCUT2D eigenvalue weighted by molar-refractivity contribution is 7.89. The van der Waals surface area contributed by atoms with Crippen molar-refractivity contribution < 1.29 is 8.42 Å². The molecular weight excluding hydrogens is 324 g/mol. The Kier molecular flexibility index (Phi) is 3.82. The van der Waals surface area contributed by atoms with Gasteiger partial charge in [0.2, 0.25) is 10.0 Å². The number of aromatic amines is 1. The van der Waals surface area contributed by atoms with Gasteiger partial charge in [-0.3, -0.25) is 4.98 Å². The van der Waals surface area contributed by atoms with Crippen LogP contribution in [0.4, 0.5) is 0 Å². The number of imidazole rings is 1. The molecule has 3 heterocycles. The zero-order valence-corrected chi connectivity index (χ0v) is 13.9. The molecule has 124 valence electrons. The van der Waals surface area contributed by atoms with Gasteiger partial charge >= 0.3 is 0 Å². The van der Waals surface area contributed by atoms with Gasteiger partial charge in [0.25, 0.3) is 0 Å². The first-order chi connectivity index (χ1) is 11.7. The van der Waals surface area contributed by atoms with Crippen LogP contribution >= 0.6 is 0 Å². The zero-order chi connectivity index (χ0) is 16.6. The predicted octanol–water partition coefficient (Wildman–Crippen LogP) is 2.53. The number of aromatic nitrogens is 3. The van der Waals surface area contributed by atoms with Crippen LogP contribution in [-0.4, -0.2) is 40.8 Å². The summed E-state index contributed by atoms with van der Waals surface area (Å²) in [5.74, 6) is 0.964. The quantitative estimate of drug-likeness (QED) is 0.793. The second-order valence-corrected chi connectivity index (χ2v) is 7.91. The normalized spacial score (nSPS) is 19.6. The van der Waals surface area contributed by atoms with Crippen LogP contribution in [0, 0.1) is 0 Å². The topological polar surface area (TPSA) is 79.0 Å². The van der Waals surface area contributed by atoms with E-state index in [9.17, 15) is 8.42 Å². The fourth-order valence-electron chi connectivity index (χ4n) is 3.32. The lowest BCUT2D eigenvalue weighted by atomic mass is 9.99. The van der Waals surface area contributed by atoms with Gasteiger partial charge in [-0.05, 0) is 37.1 Å². The Hall–Kier alpha value is -2.25. The average molecular weight is 342 g/mol. The molecule has 24 heavy (non-hydrogen) atoms. The molecule has 1 aliphatic rings. The lowest BCUT2D eigenvalue weighted by Gasteiger charge is -2.31. The molecular formula is C17H18N4O2S. The van der Waals surface area contributed by atoms with Crippen molar-refractivity contribution in [3.63, 3.8) is 0 Å². The molecule has 2 aromatic heterocycles. The van der Waals surface area contributed by atoms with Crippen molar-refractivity contribution in [1.82, 2.24) is 19.3 Å². The maximum Gasteiger partial charge on any atom is 0.243 e. The molecule has 3 aromatic rings. The molecule has 1 saturated heterocycles. The minimum absolute atomic E-state index is 0.108. The van der Waals surface area contributed by atoms with E-state index in [0.717, 1.165) is 18.7 Å². The van der Waals surface area contributed by atoms with Crippen LogP contribution < -0.4 is 0 Å². The highest BCUT2D eigenvalue weighted by Crippen LogP contribution is 2.30. The van der Waals surface area contributed by atoms with E-state index in [-0.39, 0.29) is 5.92 Å². The van der Waals surface area contributed by atoms with Crippen LogP contribution in [0.1, 0.15) is 24.6 Å². The first-order valence-corrected chi connectivity index (χ1v) is 9.43. The molecule has 1 fully saturated rings. The molecule has 1 aliphatic heterocycles. The number of hydrogen-bond acceptors (Lipinski definition) is 4. The van der Waals surface area contributed by atoms with E-state index in [0.29, 0.717) is 28.9 Å². The van der Waals surface area contributed by atoms with Crippen molar-refractivity contribution in [2.24, 2.45) is 0 Å². The van der Waals surface area contributed by atoms with E-state index in [4.69, 9.17) is 0 Å². The van der Waals surface area contributed by atoms with Crippen LogP contribution in [0.5, 0.6) is 0 Å². The zero-order valence-electron chi connectivity index (χ0n) is 13.1. The molecule has 0 unspecified atom stereocenters. The average Bonchev–Trinajstić information content (AvgIpc) is 3.16. The third-order valence-electron chi connectivity index (χ3n) is 4.51. The summed E-state index contributed by atoms with van der Waals surface area (Å²) in [6, 6.07) is 8.81. The maximum atomic E-state index is 13.2. The number of fused-ring (bicyclic) bond motifs is 1. The highest BCUT2D eigenvalue weighted by Gasteiger charge is 2.32. The van der Waals surface area contributed by atoms with Crippen LogP contribution in [0.15, 0.2) is 53.8 Å². The Labute approximate surface area is 140 Å². The summed E-state index contributed by atoms with van der Waals surface area (Å²) in [6.45, 7) is 0.989. The first-order valence-electron chi connectivity index (χ1n) is 7.99. The second kappa shape index (κ2) is 5.99. The largest absolute Gasteiger partial charge is 0.348 e. The van der Waals surface area contributed by atoms with Crippen LogP contribution in [0.3, 0.4) is 0 Å². The second-order valence-electron chi connectivity index (χ2n) is 6.00. The van der Waals surface area contributed by atoms with Crippen molar-refractivity contribution >= 4 is 20.9 Å². The molecule has 1 N–H and O–H groups in total. The summed E-state index contributed by atoms with van der Waals surface area (Å²) in [7, 11) is -3.56. The van der Waals surface area contributed by atoms with Gasteiger partial charge in [0, 0.05) is 43.0 Å². The van der Waals surface area contributed by atoms with Crippen molar-refractivity contribution in [2.45, 2.75) is 23.7 Å². The number of piperidine rings is 1. The van der Waals surface area contributed by atoms with E-state index < -0.39 is 10.0 Å². The van der Waals surface area contributed by atoms with E-state index in [1.165, 1.54) is 0 Å². The Morgan fingerprint density at radius 2 is 2.04 bits per heavy atom. The molecule has 4 rings (SSSR count). The first kappa shape index (κ1) is 15.3. The molecule has 6 nitrogen and oxygen atoms in total. The Bertz CT molecular complexity index is 948. The number of rotatable bonds is 3. The molecule has 1 atom stereocenters. The molecule has 0 spiro atoms. The van der Waals surface area contributed by atoms with Crippen molar-refractivity contribution in [2.75, 3.05) is 13.1 Å². The number of sulfonamides is 1. The minimum Gasteiger partial charge on any atom is -0.348 e. The molecule has 0 aliphatic carbocycles. The van der Waals surface area contributed by atoms with E-state index in [1.54, 1.807) is 41.1 Å². The van der Waals surface area contributed by atoms with E-state index >= 15 is 0 Å². The minimum atomic E-state index is -3.56. The fraction of sp³-hybridized carbons (Fsp3) is 0.294. The number of nitrogens with one attached hydrogen (secondary N) is 1. The number of benzene rings is 1. The van der Waals surface area contributed by atoms with Gasteiger partial charge in [-0.25, -0.2) is 13.4 Å². The molecule has 0 amide bonds. The van der Waals surface area contributed by atoms with Crippen molar-refractivity contribution in [3.8, 4) is 0 Å². The Morgan fingerprint density at radius 3 is 2.88 bits per heavy atom. The fourth-order valence-corrected chi connectivity index (χ4v) is 5.05. The third kappa shape index (κ3) is 2.59. The predicted molar refractivity (Wildman–Crippen MR) is 91.1 cm³/mol. The highest BCUT2D eigenvalue weighted by atomic mass is 32.2. The van der Waals surface area contributed by atoms with Gasteiger partial charge in [0.05, 0.1) is 10.4 Å². The maximum absolute atomic E-state index is 13.2. The van der Waals surface area contributed by atoms with Gasteiger partial charge in [-0.1, -0.05) is 6.07 Å². The monoisotopic (exact) mass is 342 g/mol. The van der Waals surface area contributed by atoms with Crippen molar-refractivity contribution in [1.29, 1.82) is 0 Å². The summed E-state index contributed by atoms with van der Waals surface area (Å²) in [5, 5.41) is 0.667. The van der Waals surface area contributed by atoms with Gasteiger partial charge in [-0.2, -0.15) is 4.31 Å². The summed E-state index contributed by atoms with van der Waals surface area (Å²) >= 11 is 0. The van der Waals surface area contributed by atoms with E-state index in [2.05, 4.69) is 15.0 Å². The van der Waals surface area contributed by atoms with Crippen LogP contribution in [-0.2, 0) is 10.0 Å². The van der Waals surface area contributed by atoms with Crippen LogP contribution in [0.2, 0.25) is 0 Å². The van der Waals surface area contributed by atoms with Gasteiger partial charge in [-0.15, -0.1) is 0 Å². The van der Waals surface area contributed by atoms with E-state index in [1.807, 2.05) is 12.1 Å². The van der Waals surface area contributed by atoms with Crippen LogP contribution in [0.25, 0.3) is 10.9 Å². The number of H-pyrrole nitrogens is 1. The van der Waals surface area contributed by atoms with Gasteiger partial charge < -0.3 is 4.98 Å². The summed E-state index contributed by atoms with van der Waals surface area (Å²) in [6.07, 6.45) is 6.93. The van der Waals surface area contributed by atoms with Gasteiger partial charge in [0.1, 0.15) is 5.82 Å². The number of hydrogen-bond donors (Lipinski definition) is 1. The molecule has 7 heteroatoms. The summed E-state index contributed by atoms with van der Waals surface area (Å²) < 4.78 is 27.9.